The second-order valence-corrected chi connectivity index (χ2v) is 9.55. The second-order valence-electron chi connectivity index (χ2n) is 9.55. The number of fused-ring (bicyclic) bond motifs is 7. The summed E-state index contributed by atoms with van der Waals surface area (Å²) in [4.78, 5) is 0. The standard InChI is InChI=1S/C34H16N6/c35-17-21-11-22(18-36)14-25(13-21)39-31-7-3-1-5-27(31)29-9-10-30-28-6-2-4-8-32(28)40(34(30)33(29)39)26-15-23(19-37)12-24(16-26)20-38/h1-16H. The van der Waals surface area contributed by atoms with Gasteiger partial charge in [-0.1, -0.05) is 48.5 Å². The van der Waals surface area contributed by atoms with E-state index in [1.165, 1.54) is 0 Å². The molecule has 6 nitrogen and oxygen atoms in total. The number of benzene rings is 5. The summed E-state index contributed by atoms with van der Waals surface area (Å²) in [6, 6.07) is 39.5. The van der Waals surface area contributed by atoms with Crippen LogP contribution in [0.3, 0.4) is 0 Å². The highest BCUT2D eigenvalue weighted by molar-refractivity contribution is 6.23. The summed E-state index contributed by atoms with van der Waals surface area (Å²) < 4.78 is 4.20. The fourth-order valence-corrected chi connectivity index (χ4v) is 5.78. The molecule has 0 aliphatic carbocycles. The number of para-hydroxylation sites is 2. The predicted molar refractivity (Wildman–Crippen MR) is 154 cm³/mol. The molecule has 0 radical (unpaired) electrons. The van der Waals surface area contributed by atoms with Crippen LogP contribution in [0.25, 0.3) is 55.0 Å². The Morgan fingerprint density at radius 3 is 1.10 bits per heavy atom. The molecule has 6 heteroatoms. The molecule has 0 saturated carbocycles. The van der Waals surface area contributed by atoms with Crippen LogP contribution in [0.4, 0.5) is 0 Å². The summed E-state index contributed by atoms with van der Waals surface area (Å²) in [7, 11) is 0. The molecule has 0 bridgehead atoms. The average Bonchev–Trinajstić information content (AvgIpc) is 3.53. The van der Waals surface area contributed by atoms with Gasteiger partial charge in [0, 0.05) is 32.9 Å². The Morgan fingerprint density at radius 1 is 0.400 bits per heavy atom. The number of hydrogen-bond donors (Lipinski definition) is 0. The first-order valence-electron chi connectivity index (χ1n) is 12.5. The van der Waals surface area contributed by atoms with Crippen molar-refractivity contribution in [1.29, 1.82) is 21.0 Å². The van der Waals surface area contributed by atoms with Crippen molar-refractivity contribution < 1.29 is 0 Å². The molecule has 0 spiro atoms. The van der Waals surface area contributed by atoms with Crippen LogP contribution in [-0.4, -0.2) is 9.13 Å². The van der Waals surface area contributed by atoms with Gasteiger partial charge in [0.05, 0.1) is 68.6 Å². The zero-order valence-corrected chi connectivity index (χ0v) is 20.9. The van der Waals surface area contributed by atoms with Crippen LogP contribution in [-0.2, 0) is 0 Å². The SMILES string of the molecule is N#Cc1cc(C#N)cc(-n2c3ccccc3c3ccc4c5ccccc5n(-c5cc(C#N)cc(C#N)c5)c4c32)c1. The Hall–Kier alpha value is -6.34. The lowest BCUT2D eigenvalue weighted by molar-refractivity contribution is 1.14. The molecule has 40 heavy (non-hydrogen) atoms. The van der Waals surface area contributed by atoms with Crippen LogP contribution in [0.2, 0.25) is 0 Å². The third kappa shape index (κ3) is 3.19. The van der Waals surface area contributed by atoms with Crippen LogP contribution in [0.5, 0.6) is 0 Å². The van der Waals surface area contributed by atoms with E-state index in [-0.39, 0.29) is 0 Å². The van der Waals surface area contributed by atoms with Gasteiger partial charge in [-0.15, -0.1) is 0 Å². The topological polar surface area (TPSA) is 105 Å². The predicted octanol–water partition coefficient (Wildman–Crippen LogP) is 7.37. The highest BCUT2D eigenvalue weighted by atomic mass is 15.0. The molecule has 5 aromatic carbocycles. The van der Waals surface area contributed by atoms with E-state index in [1.807, 2.05) is 36.4 Å². The smallest absolute Gasteiger partial charge is 0.0992 e. The lowest BCUT2D eigenvalue weighted by atomic mass is 10.1. The monoisotopic (exact) mass is 508 g/mol. The quantitative estimate of drug-likeness (QED) is 0.243. The minimum absolute atomic E-state index is 0.396. The van der Waals surface area contributed by atoms with Crippen LogP contribution in [0, 0.1) is 45.3 Å². The van der Waals surface area contributed by atoms with Crippen LogP contribution < -0.4 is 0 Å². The van der Waals surface area contributed by atoms with Gasteiger partial charge in [-0.2, -0.15) is 21.0 Å². The Balaban J connectivity index is 1.77. The first-order chi connectivity index (χ1) is 19.6. The van der Waals surface area contributed by atoms with Gasteiger partial charge in [0.25, 0.3) is 0 Å². The molecule has 0 aliphatic rings. The van der Waals surface area contributed by atoms with E-state index in [0.717, 1.165) is 43.6 Å². The molecule has 2 heterocycles. The van der Waals surface area contributed by atoms with Crippen molar-refractivity contribution in [2.75, 3.05) is 0 Å². The molecule has 0 aliphatic heterocycles. The fraction of sp³-hybridized carbons (Fsp3) is 0. The fourth-order valence-electron chi connectivity index (χ4n) is 5.78. The maximum atomic E-state index is 9.74. The van der Waals surface area contributed by atoms with E-state index in [4.69, 9.17) is 0 Å². The van der Waals surface area contributed by atoms with Gasteiger partial charge >= 0.3 is 0 Å². The minimum atomic E-state index is 0.396. The van der Waals surface area contributed by atoms with E-state index in [2.05, 4.69) is 57.7 Å². The molecular weight excluding hydrogens is 492 g/mol. The molecule has 0 atom stereocenters. The van der Waals surface area contributed by atoms with Gasteiger partial charge in [-0.05, 0) is 48.5 Å². The van der Waals surface area contributed by atoms with Gasteiger partial charge in [-0.3, -0.25) is 0 Å². The van der Waals surface area contributed by atoms with Crippen molar-refractivity contribution in [3.05, 3.63) is 119 Å². The normalized spacial score (nSPS) is 10.9. The third-order valence-electron chi connectivity index (χ3n) is 7.34. The zero-order valence-electron chi connectivity index (χ0n) is 20.9. The molecule has 182 valence electrons. The maximum Gasteiger partial charge on any atom is 0.0992 e. The number of nitriles is 4. The van der Waals surface area contributed by atoms with Gasteiger partial charge < -0.3 is 9.13 Å². The molecule has 7 rings (SSSR count). The molecular formula is C34H16N6. The Bertz CT molecular complexity index is 2140. The first kappa shape index (κ1) is 22.8. The molecule has 2 aromatic heterocycles. The van der Waals surface area contributed by atoms with Crippen molar-refractivity contribution in [3.63, 3.8) is 0 Å². The van der Waals surface area contributed by atoms with Crippen LogP contribution in [0.1, 0.15) is 22.3 Å². The van der Waals surface area contributed by atoms with E-state index >= 15 is 0 Å². The number of nitrogens with zero attached hydrogens (tertiary/aromatic N) is 6. The van der Waals surface area contributed by atoms with E-state index < -0.39 is 0 Å². The van der Waals surface area contributed by atoms with E-state index in [0.29, 0.717) is 33.6 Å². The Kier molecular flexibility index (Phi) is 4.91. The van der Waals surface area contributed by atoms with Crippen LogP contribution >= 0.6 is 0 Å². The van der Waals surface area contributed by atoms with Crippen molar-refractivity contribution >= 4 is 43.6 Å². The molecule has 0 unspecified atom stereocenters. The van der Waals surface area contributed by atoms with Crippen molar-refractivity contribution in [1.82, 2.24) is 9.13 Å². The van der Waals surface area contributed by atoms with Crippen LogP contribution in [0.15, 0.2) is 97.1 Å². The zero-order chi connectivity index (χ0) is 27.4. The maximum absolute atomic E-state index is 9.74. The molecule has 7 aromatic rings. The molecule has 0 N–H and O–H groups in total. The van der Waals surface area contributed by atoms with E-state index in [9.17, 15) is 21.0 Å². The largest absolute Gasteiger partial charge is 0.307 e. The van der Waals surface area contributed by atoms with Gasteiger partial charge in [0.15, 0.2) is 0 Å². The summed E-state index contributed by atoms with van der Waals surface area (Å²) in [5, 5.41) is 43.0. The summed E-state index contributed by atoms with van der Waals surface area (Å²) in [6.07, 6.45) is 0. The summed E-state index contributed by atoms with van der Waals surface area (Å²) >= 11 is 0. The van der Waals surface area contributed by atoms with Gasteiger partial charge in [0.1, 0.15) is 0 Å². The lowest BCUT2D eigenvalue weighted by Gasteiger charge is -2.13. The number of aromatic nitrogens is 2. The van der Waals surface area contributed by atoms with Crippen molar-refractivity contribution in [2.24, 2.45) is 0 Å². The first-order valence-corrected chi connectivity index (χ1v) is 12.5. The minimum Gasteiger partial charge on any atom is -0.307 e. The number of hydrogen-bond acceptors (Lipinski definition) is 4. The highest BCUT2D eigenvalue weighted by Gasteiger charge is 2.21. The highest BCUT2D eigenvalue weighted by Crippen LogP contribution is 2.41. The Morgan fingerprint density at radius 2 is 0.750 bits per heavy atom. The Labute approximate surface area is 228 Å². The molecule has 0 fully saturated rings. The lowest BCUT2D eigenvalue weighted by Crippen LogP contribution is -2.00. The second kappa shape index (κ2) is 8.61. The van der Waals surface area contributed by atoms with Crippen molar-refractivity contribution in [2.45, 2.75) is 0 Å². The van der Waals surface area contributed by atoms with Gasteiger partial charge in [0.2, 0.25) is 0 Å². The summed E-state index contributed by atoms with van der Waals surface area (Å²) in [5.41, 5.74) is 6.66. The van der Waals surface area contributed by atoms with Crippen molar-refractivity contribution in [3.8, 4) is 35.7 Å². The summed E-state index contributed by atoms with van der Waals surface area (Å²) in [6.45, 7) is 0. The molecule has 0 saturated heterocycles. The van der Waals surface area contributed by atoms with Gasteiger partial charge in [-0.25, -0.2) is 0 Å². The van der Waals surface area contributed by atoms with E-state index in [1.54, 1.807) is 36.4 Å². The third-order valence-corrected chi connectivity index (χ3v) is 7.34. The molecule has 0 amide bonds. The average molecular weight is 509 g/mol. The number of rotatable bonds is 2. The summed E-state index contributed by atoms with van der Waals surface area (Å²) in [5.74, 6) is 0.